The SMILES string of the molecule is CCCCCCC1CC=C(c2ccc(C3=CCC(CC)CC3)cc2)CC1. The molecule has 0 heterocycles. The van der Waals surface area contributed by atoms with Crippen LogP contribution in [0.5, 0.6) is 0 Å². The number of hydrogen-bond donors (Lipinski definition) is 0. The van der Waals surface area contributed by atoms with E-state index < -0.39 is 0 Å². The lowest BCUT2D eigenvalue weighted by Gasteiger charge is -2.23. The summed E-state index contributed by atoms with van der Waals surface area (Å²) in [6.45, 7) is 4.62. The van der Waals surface area contributed by atoms with Crippen molar-refractivity contribution in [2.24, 2.45) is 11.8 Å². The van der Waals surface area contributed by atoms with Gasteiger partial charge < -0.3 is 0 Å². The average Bonchev–Trinajstić information content (AvgIpc) is 2.72. The molecule has 0 nitrogen and oxygen atoms in total. The summed E-state index contributed by atoms with van der Waals surface area (Å²) in [5.41, 5.74) is 6.07. The molecule has 2 atom stereocenters. The molecule has 2 aliphatic carbocycles. The van der Waals surface area contributed by atoms with Gasteiger partial charge in [-0.05, 0) is 72.6 Å². The average molecular weight is 351 g/mol. The Morgan fingerprint density at radius 2 is 1.31 bits per heavy atom. The van der Waals surface area contributed by atoms with Crippen LogP contribution in [0.3, 0.4) is 0 Å². The van der Waals surface area contributed by atoms with Gasteiger partial charge in [-0.2, -0.15) is 0 Å². The van der Waals surface area contributed by atoms with Crippen molar-refractivity contribution in [3.8, 4) is 0 Å². The third-order valence-corrected chi connectivity index (χ3v) is 6.71. The summed E-state index contributed by atoms with van der Waals surface area (Å²) in [7, 11) is 0. The van der Waals surface area contributed by atoms with Gasteiger partial charge >= 0.3 is 0 Å². The predicted octanol–water partition coefficient (Wildman–Crippen LogP) is 8.43. The first-order chi connectivity index (χ1) is 12.8. The van der Waals surface area contributed by atoms with Crippen molar-refractivity contribution < 1.29 is 0 Å². The molecule has 2 aliphatic rings. The molecule has 142 valence electrons. The standard InChI is InChI=1S/C26H38/c1-3-5-6-7-8-22-11-15-24(16-12-22)26-19-17-25(18-20-26)23-13-9-21(4-2)10-14-23/h13,15,17-22H,3-12,14,16H2,1-2H3. The van der Waals surface area contributed by atoms with Crippen LogP contribution in [0.1, 0.15) is 102 Å². The van der Waals surface area contributed by atoms with Gasteiger partial charge in [-0.3, -0.25) is 0 Å². The Kier molecular flexibility index (Phi) is 7.59. The minimum atomic E-state index is 0.917. The molecule has 3 rings (SSSR count). The quantitative estimate of drug-likeness (QED) is 0.413. The summed E-state index contributed by atoms with van der Waals surface area (Å²) in [6.07, 6.45) is 21.3. The van der Waals surface area contributed by atoms with Gasteiger partial charge in [0.05, 0.1) is 0 Å². The number of rotatable bonds is 8. The van der Waals surface area contributed by atoms with Gasteiger partial charge in [0.25, 0.3) is 0 Å². The molecular formula is C26H38. The Labute approximate surface area is 161 Å². The van der Waals surface area contributed by atoms with Crippen molar-refractivity contribution >= 4 is 11.1 Å². The molecule has 0 bridgehead atoms. The molecule has 0 fully saturated rings. The summed E-state index contributed by atoms with van der Waals surface area (Å²) in [5, 5.41) is 0. The van der Waals surface area contributed by atoms with Crippen LogP contribution in [0, 0.1) is 11.8 Å². The first-order valence-electron chi connectivity index (χ1n) is 11.3. The molecule has 0 radical (unpaired) electrons. The van der Waals surface area contributed by atoms with Crippen molar-refractivity contribution in [3.05, 3.63) is 47.5 Å². The van der Waals surface area contributed by atoms with Gasteiger partial charge in [0, 0.05) is 0 Å². The summed E-state index contributed by atoms with van der Waals surface area (Å²) in [4.78, 5) is 0. The lowest BCUT2D eigenvalue weighted by Crippen LogP contribution is -2.06. The Morgan fingerprint density at radius 3 is 1.77 bits per heavy atom. The van der Waals surface area contributed by atoms with E-state index in [4.69, 9.17) is 0 Å². The van der Waals surface area contributed by atoms with Crippen LogP contribution in [0.2, 0.25) is 0 Å². The molecular weight excluding hydrogens is 312 g/mol. The van der Waals surface area contributed by atoms with Crippen LogP contribution >= 0.6 is 0 Å². The van der Waals surface area contributed by atoms with Crippen molar-refractivity contribution in [3.63, 3.8) is 0 Å². The summed E-state index contributed by atoms with van der Waals surface area (Å²) >= 11 is 0. The monoisotopic (exact) mass is 350 g/mol. The van der Waals surface area contributed by atoms with E-state index in [1.165, 1.54) is 88.2 Å². The molecule has 2 unspecified atom stereocenters. The van der Waals surface area contributed by atoms with E-state index in [9.17, 15) is 0 Å². The second kappa shape index (κ2) is 10.1. The fourth-order valence-electron chi connectivity index (χ4n) is 4.69. The second-order valence-corrected chi connectivity index (χ2v) is 8.57. The maximum atomic E-state index is 2.54. The van der Waals surface area contributed by atoms with Crippen LogP contribution in [0.25, 0.3) is 11.1 Å². The van der Waals surface area contributed by atoms with E-state index in [2.05, 4.69) is 50.3 Å². The highest BCUT2D eigenvalue weighted by atomic mass is 14.2. The van der Waals surface area contributed by atoms with Crippen molar-refractivity contribution in [2.75, 3.05) is 0 Å². The molecule has 0 aromatic heterocycles. The lowest BCUT2D eigenvalue weighted by atomic mass is 9.82. The van der Waals surface area contributed by atoms with Crippen LogP contribution < -0.4 is 0 Å². The predicted molar refractivity (Wildman–Crippen MR) is 116 cm³/mol. The van der Waals surface area contributed by atoms with Gasteiger partial charge in [0.15, 0.2) is 0 Å². The highest BCUT2D eigenvalue weighted by molar-refractivity contribution is 5.71. The van der Waals surface area contributed by atoms with Crippen LogP contribution in [0.4, 0.5) is 0 Å². The molecule has 0 heteroatoms. The van der Waals surface area contributed by atoms with Crippen molar-refractivity contribution in [1.82, 2.24) is 0 Å². The van der Waals surface area contributed by atoms with Crippen molar-refractivity contribution in [2.45, 2.75) is 90.9 Å². The first-order valence-corrected chi connectivity index (χ1v) is 11.3. The Bertz CT molecular complexity index is 601. The second-order valence-electron chi connectivity index (χ2n) is 8.57. The highest BCUT2D eigenvalue weighted by Gasteiger charge is 2.16. The van der Waals surface area contributed by atoms with Gasteiger partial charge in [0.2, 0.25) is 0 Å². The lowest BCUT2D eigenvalue weighted by molar-refractivity contribution is 0.425. The molecule has 0 aliphatic heterocycles. The minimum absolute atomic E-state index is 0.917. The fourth-order valence-corrected chi connectivity index (χ4v) is 4.69. The molecule has 0 N–H and O–H groups in total. The van der Waals surface area contributed by atoms with Gasteiger partial charge in [-0.15, -0.1) is 0 Å². The van der Waals surface area contributed by atoms with Gasteiger partial charge in [-0.25, -0.2) is 0 Å². The molecule has 0 saturated carbocycles. The fraction of sp³-hybridized carbons (Fsp3) is 0.615. The summed E-state index contributed by atoms with van der Waals surface area (Å²) in [6, 6.07) is 9.47. The van der Waals surface area contributed by atoms with E-state index in [0.29, 0.717) is 0 Å². The smallest absolute Gasteiger partial charge is 0.0227 e. The summed E-state index contributed by atoms with van der Waals surface area (Å²) < 4.78 is 0. The third kappa shape index (κ3) is 5.35. The molecule has 0 spiro atoms. The Hall–Kier alpha value is -1.30. The Morgan fingerprint density at radius 1 is 0.731 bits per heavy atom. The van der Waals surface area contributed by atoms with Gasteiger partial charge in [-0.1, -0.05) is 88.8 Å². The zero-order valence-corrected chi connectivity index (χ0v) is 17.1. The van der Waals surface area contributed by atoms with E-state index in [0.717, 1.165) is 11.8 Å². The maximum absolute atomic E-state index is 2.54. The van der Waals surface area contributed by atoms with Crippen LogP contribution in [-0.4, -0.2) is 0 Å². The first kappa shape index (κ1) is 19.5. The number of hydrogen-bond acceptors (Lipinski definition) is 0. The minimum Gasteiger partial charge on any atom is -0.0804 e. The van der Waals surface area contributed by atoms with E-state index >= 15 is 0 Å². The van der Waals surface area contributed by atoms with Crippen LogP contribution in [0.15, 0.2) is 36.4 Å². The number of allylic oxidation sites excluding steroid dienone is 4. The topological polar surface area (TPSA) is 0 Å². The zero-order chi connectivity index (χ0) is 18.2. The van der Waals surface area contributed by atoms with Gasteiger partial charge in [0.1, 0.15) is 0 Å². The highest BCUT2D eigenvalue weighted by Crippen LogP contribution is 2.35. The van der Waals surface area contributed by atoms with E-state index in [1.54, 1.807) is 11.1 Å². The van der Waals surface area contributed by atoms with Crippen LogP contribution in [-0.2, 0) is 0 Å². The molecule has 0 amide bonds. The summed E-state index contributed by atoms with van der Waals surface area (Å²) in [5.74, 6) is 1.86. The van der Waals surface area contributed by atoms with E-state index in [1.807, 2.05) is 0 Å². The molecule has 1 aromatic carbocycles. The normalized spacial score (nSPS) is 23.5. The molecule has 0 saturated heterocycles. The maximum Gasteiger partial charge on any atom is -0.0227 e. The van der Waals surface area contributed by atoms with E-state index in [-0.39, 0.29) is 0 Å². The largest absolute Gasteiger partial charge is 0.0804 e. The zero-order valence-electron chi connectivity index (χ0n) is 17.1. The van der Waals surface area contributed by atoms with Crippen molar-refractivity contribution in [1.29, 1.82) is 0 Å². The number of unbranched alkanes of at least 4 members (excludes halogenated alkanes) is 3. The molecule has 26 heavy (non-hydrogen) atoms. The number of benzene rings is 1. The third-order valence-electron chi connectivity index (χ3n) is 6.71. The molecule has 1 aromatic rings. The Balaban J connectivity index is 1.53.